The largest absolute Gasteiger partial charge is 0.497 e. The van der Waals surface area contributed by atoms with Crippen LogP contribution in [0.15, 0.2) is 29.3 Å². The first-order valence-electron chi connectivity index (χ1n) is 10.7. The zero-order valence-corrected chi connectivity index (χ0v) is 17.6. The van der Waals surface area contributed by atoms with Crippen LogP contribution in [0.4, 0.5) is 8.78 Å². The van der Waals surface area contributed by atoms with Crippen LogP contribution in [0.5, 0.6) is 5.75 Å². The van der Waals surface area contributed by atoms with Crippen molar-refractivity contribution >= 4 is 5.96 Å². The van der Waals surface area contributed by atoms with Crippen molar-refractivity contribution in [1.29, 1.82) is 0 Å². The second-order valence-corrected chi connectivity index (χ2v) is 8.26. The molecule has 0 bridgehead atoms. The Morgan fingerprint density at radius 1 is 1.28 bits per heavy atom. The number of alkyl halides is 2. The molecule has 1 aromatic rings. The van der Waals surface area contributed by atoms with Gasteiger partial charge >= 0.3 is 0 Å². The second kappa shape index (κ2) is 10.2. The lowest BCUT2D eigenvalue weighted by molar-refractivity contribution is 0.0744. The van der Waals surface area contributed by atoms with Gasteiger partial charge in [0.1, 0.15) is 5.75 Å². The predicted molar refractivity (Wildman–Crippen MR) is 113 cm³/mol. The summed E-state index contributed by atoms with van der Waals surface area (Å²) in [6.45, 7) is 2.10. The summed E-state index contributed by atoms with van der Waals surface area (Å²) >= 11 is 0. The molecule has 1 heterocycles. The first-order chi connectivity index (χ1) is 14.0. The Balaban J connectivity index is 1.56. The molecule has 0 spiro atoms. The minimum atomic E-state index is -2.26. The molecular formula is C22H34F2N4O. The molecule has 0 atom stereocenters. The molecule has 2 N–H and O–H groups in total. The van der Waals surface area contributed by atoms with Crippen molar-refractivity contribution in [3.63, 3.8) is 0 Å². The van der Waals surface area contributed by atoms with Gasteiger partial charge in [0.05, 0.1) is 13.7 Å². The molecule has 0 aromatic heterocycles. The zero-order chi connectivity index (χ0) is 20.7. The Kier molecular flexibility index (Phi) is 7.70. The summed E-state index contributed by atoms with van der Waals surface area (Å²) in [6, 6.07) is 8.67. The molecule has 0 unspecified atom stereocenters. The van der Waals surface area contributed by atoms with Crippen LogP contribution < -0.4 is 15.4 Å². The minimum Gasteiger partial charge on any atom is -0.497 e. The van der Waals surface area contributed by atoms with E-state index in [1.807, 2.05) is 11.0 Å². The van der Waals surface area contributed by atoms with Crippen LogP contribution in [0.25, 0.3) is 0 Å². The Morgan fingerprint density at radius 3 is 2.62 bits per heavy atom. The molecule has 29 heavy (non-hydrogen) atoms. The lowest BCUT2D eigenvalue weighted by Gasteiger charge is -2.34. The van der Waals surface area contributed by atoms with Crippen LogP contribution in [-0.2, 0) is 5.41 Å². The highest BCUT2D eigenvalue weighted by Crippen LogP contribution is 2.41. The predicted octanol–water partition coefficient (Wildman–Crippen LogP) is 3.40. The van der Waals surface area contributed by atoms with Gasteiger partial charge in [0.15, 0.2) is 5.96 Å². The SMILES string of the molecule is CN=C(NCC1(c2cccc(OC)c2)CCCC1)NC1CCN(CC(F)F)CC1. The number of likely N-dealkylation sites (tertiary alicyclic amines) is 1. The van der Waals surface area contributed by atoms with Crippen molar-refractivity contribution < 1.29 is 13.5 Å². The van der Waals surface area contributed by atoms with Crippen LogP contribution in [-0.4, -0.2) is 63.7 Å². The summed E-state index contributed by atoms with van der Waals surface area (Å²) in [6.07, 6.45) is 4.21. The summed E-state index contributed by atoms with van der Waals surface area (Å²) in [5.41, 5.74) is 1.41. The van der Waals surface area contributed by atoms with Crippen LogP contribution >= 0.6 is 0 Å². The number of halogens is 2. The number of nitrogens with one attached hydrogen (secondary N) is 2. The van der Waals surface area contributed by atoms with Crippen LogP contribution in [0, 0.1) is 0 Å². The fraction of sp³-hybridized carbons (Fsp3) is 0.682. The summed E-state index contributed by atoms with van der Waals surface area (Å²) in [4.78, 5) is 6.25. The maximum absolute atomic E-state index is 12.6. The van der Waals surface area contributed by atoms with Crippen molar-refractivity contribution in [3.8, 4) is 5.75 Å². The first kappa shape index (κ1) is 21.8. The van der Waals surface area contributed by atoms with Gasteiger partial charge < -0.3 is 15.4 Å². The number of ether oxygens (including phenoxy) is 1. The van der Waals surface area contributed by atoms with E-state index in [4.69, 9.17) is 4.74 Å². The van der Waals surface area contributed by atoms with Gasteiger partial charge in [-0.25, -0.2) is 8.78 Å². The van der Waals surface area contributed by atoms with Gasteiger partial charge in [0, 0.05) is 38.1 Å². The van der Waals surface area contributed by atoms with E-state index >= 15 is 0 Å². The van der Waals surface area contributed by atoms with Crippen molar-refractivity contribution in [2.24, 2.45) is 4.99 Å². The standard InChI is InChI=1S/C22H34F2N4O/c1-25-21(27-18-8-12-28(13-9-18)15-20(23)24)26-16-22(10-3-4-11-22)17-6-5-7-19(14-17)29-2/h5-7,14,18,20H,3-4,8-13,15-16H2,1-2H3,(H2,25,26,27). The molecule has 0 radical (unpaired) electrons. The van der Waals surface area contributed by atoms with Gasteiger partial charge in [-0.15, -0.1) is 0 Å². The van der Waals surface area contributed by atoms with Gasteiger partial charge in [-0.1, -0.05) is 25.0 Å². The van der Waals surface area contributed by atoms with E-state index in [1.165, 1.54) is 18.4 Å². The molecule has 1 aliphatic heterocycles. The van der Waals surface area contributed by atoms with Crippen LogP contribution in [0.1, 0.15) is 44.1 Å². The van der Waals surface area contributed by atoms with Crippen LogP contribution in [0.2, 0.25) is 0 Å². The van der Waals surface area contributed by atoms with E-state index in [0.29, 0.717) is 13.1 Å². The Labute approximate surface area is 172 Å². The van der Waals surface area contributed by atoms with Crippen molar-refractivity contribution in [3.05, 3.63) is 29.8 Å². The molecule has 2 aliphatic rings. The van der Waals surface area contributed by atoms with E-state index in [-0.39, 0.29) is 18.0 Å². The minimum absolute atomic E-state index is 0.0901. The summed E-state index contributed by atoms with van der Waals surface area (Å²) in [7, 11) is 3.49. The van der Waals surface area contributed by atoms with E-state index in [2.05, 4.69) is 33.8 Å². The number of nitrogens with zero attached hydrogens (tertiary/aromatic N) is 2. The normalized spacial score (nSPS) is 20.8. The average molecular weight is 409 g/mol. The number of aliphatic imine (C=N–C) groups is 1. The summed E-state index contributed by atoms with van der Waals surface area (Å²) in [5, 5.41) is 7.04. The number of guanidine groups is 1. The van der Waals surface area contributed by atoms with Crippen molar-refractivity contribution in [1.82, 2.24) is 15.5 Å². The molecule has 1 aliphatic carbocycles. The quantitative estimate of drug-likeness (QED) is 0.536. The molecule has 7 heteroatoms. The smallest absolute Gasteiger partial charge is 0.251 e. The van der Waals surface area contributed by atoms with Gasteiger partial charge in [-0.05, 0) is 43.4 Å². The third kappa shape index (κ3) is 5.81. The number of rotatable bonds is 7. The van der Waals surface area contributed by atoms with E-state index < -0.39 is 6.43 Å². The number of hydrogen-bond acceptors (Lipinski definition) is 3. The molecule has 1 aromatic carbocycles. The van der Waals surface area contributed by atoms with Crippen LogP contribution in [0.3, 0.4) is 0 Å². The molecule has 5 nitrogen and oxygen atoms in total. The lowest BCUT2D eigenvalue weighted by Crippen LogP contribution is -2.51. The van der Waals surface area contributed by atoms with Gasteiger partial charge in [0.25, 0.3) is 6.43 Å². The number of piperidine rings is 1. The Hall–Kier alpha value is -1.89. The van der Waals surface area contributed by atoms with Crippen molar-refractivity contribution in [2.75, 3.05) is 40.3 Å². The van der Waals surface area contributed by atoms with E-state index in [1.54, 1.807) is 14.2 Å². The molecule has 2 fully saturated rings. The molecule has 0 amide bonds. The van der Waals surface area contributed by atoms with Crippen molar-refractivity contribution in [2.45, 2.75) is 56.4 Å². The zero-order valence-electron chi connectivity index (χ0n) is 17.6. The maximum atomic E-state index is 12.6. The average Bonchev–Trinajstić information content (AvgIpc) is 3.22. The van der Waals surface area contributed by atoms with Gasteiger partial charge in [-0.2, -0.15) is 0 Å². The summed E-state index contributed by atoms with van der Waals surface area (Å²) in [5.74, 6) is 1.69. The monoisotopic (exact) mass is 408 g/mol. The molecular weight excluding hydrogens is 374 g/mol. The Bertz CT molecular complexity index is 669. The van der Waals surface area contributed by atoms with Gasteiger partial charge in [-0.3, -0.25) is 9.89 Å². The molecule has 1 saturated carbocycles. The third-order valence-corrected chi connectivity index (χ3v) is 6.39. The van der Waals surface area contributed by atoms with E-state index in [0.717, 1.165) is 43.9 Å². The number of benzene rings is 1. The topological polar surface area (TPSA) is 48.9 Å². The molecule has 1 saturated heterocycles. The highest BCUT2D eigenvalue weighted by molar-refractivity contribution is 5.80. The number of hydrogen-bond donors (Lipinski definition) is 2. The fourth-order valence-corrected chi connectivity index (χ4v) is 4.67. The third-order valence-electron chi connectivity index (χ3n) is 6.39. The van der Waals surface area contributed by atoms with E-state index in [9.17, 15) is 8.78 Å². The molecule has 162 valence electrons. The first-order valence-corrected chi connectivity index (χ1v) is 10.7. The number of methoxy groups -OCH3 is 1. The highest BCUT2D eigenvalue weighted by Gasteiger charge is 2.36. The molecule has 3 rings (SSSR count). The van der Waals surface area contributed by atoms with Gasteiger partial charge in [0.2, 0.25) is 0 Å². The second-order valence-electron chi connectivity index (χ2n) is 8.26. The Morgan fingerprint density at radius 2 is 2.00 bits per heavy atom. The highest BCUT2D eigenvalue weighted by atomic mass is 19.3. The summed E-state index contributed by atoms with van der Waals surface area (Å²) < 4.78 is 30.5. The maximum Gasteiger partial charge on any atom is 0.251 e. The fourth-order valence-electron chi connectivity index (χ4n) is 4.67. The lowest BCUT2D eigenvalue weighted by atomic mass is 9.78.